The van der Waals surface area contributed by atoms with Crippen LogP contribution in [0.5, 0.6) is 11.5 Å². The van der Waals surface area contributed by atoms with Crippen molar-refractivity contribution in [2.45, 2.75) is 85.0 Å². The Hall–Kier alpha value is -1.18. The zero-order valence-electron chi connectivity index (χ0n) is 14.0. The SMILES string of the molecule is CCCCCc1cc(CCC)c(O)c(O)c1CCCCC. The number of benzene rings is 1. The fourth-order valence-corrected chi connectivity index (χ4v) is 2.89. The largest absolute Gasteiger partial charge is 0.504 e. The molecule has 0 radical (unpaired) electrons. The molecule has 0 saturated heterocycles. The number of hydrogen-bond donors (Lipinski definition) is 2. The summed E-state index contributed by atoms with van der Waals surface area (Å²) in [5.41, 5.74) is 3.14. The monoisotopic (exact) mass is 292 g/mol. The first-order chi connectivity index (χ1) is 10.2. The Labute approximate surface area is 130 Å². The van der Waals surface area contributed by atoms with Crippen molar-refractivity contribution < 1.29 is 10.2 Å². The van der Waals surface area contributed by atoms with Crippen molar-refractivity contribution >= 4 is 0 Å². The van der Waals surface area contributed by atoms with Crippen LogP contribution < -0.4 is 0 Å². The maximum Gasteiger partial charge on any atom is 0.161 e. The average molecular weight is 292 g/mol. The molecular weight excluding hydrogens is 260 g/mol. The summed E-state index contributed by atoms with van der Waals surface area (Å²) in [7, 11) is 0. The van der Waals surface area contributed by atoms with Crippen molar-refractivity contribution in [3.63, 3.8) is 0 Å². The van der Waals surface area contributed by atoms with E-state index in [-0.39, 0.29) is 11.5 Å². The highest BCUT2D eigenvalue weighted by Gasteiger charge is 2.16. The van der Waals surface area contributed by atoms with Crippen LogP contribution in [0.25, 0.3) is 0 Å². The third kappa shape index (κ3) is 5.26. The van der Waals surface area contributed by atoms with Crippen LogP contribution in [-0.4, -0.2) is 10.2 Å². The number of rotatable bonds is 10. The van der Waals surface area contributed by atoms with Crippen LogP contribution in [0.1, 0.15) is 82.4 Å². The van der Waals surface area contributed by atoms with Gasteiger partial charge < -0.3 is 10.2 Å². The first-order valence-corrected chi connectivity index (χ1v) is 8.71. The van der Waals surface area contributed by atoms with Gasteiger partial charge in [0.25, 0.3) is 0 Å². The minimum atomic E-state index is 0.114. The molecule has 0 aromatic heterocycles. The van der Waals surface area contributed by atoms with E-state index in [1.54, 1.807) is 0 Å². The van der Waals surface area contributed by atoms with Crippen LogP contribution >= 0.6 is 0 Å². The number of phenols is 2. The van der Waals surface area contributed by atoms with Gasteiger partial charge in [0.15, 0.2) is 11.5 Å². The Morgan fingerprint density at radius 1 is 0.667 bits per heavy atom. The second kappa shape index (κ2) is 9.70. The Balaban J connectivity index is 3.01. The summed E-state index contributed by atoms with van der Waals surface area (Å²) in [6, 6.07) is 2.13. The predicted molar refractivity (Wildman–Crippen MR) is 90.2 cm³/mol. The van der Waals surface area contributed by atoms with Crippen molar-refractivity contribution in [2.75, 3.05) is 0 Å². The lowest BCUT2D eigenvalue weighted by Crippen LogP contribution is -2.00. The number of hydrogen-bond acceptors (Lipinski definition) is 2. The summed E-state index contributed by atoms with van der Waals surface area (Å²) >= 11 is 0. The van der Waals surface area contributed by atoms with E-state index >= 15 is 0 Å². The van der Waals surface area contributed by atoms with Gasteiger partial charge in [0, 0.05) is 5.56 Å². The highest BCUT2D eigenvalue weighted by molar-refractivity contribution is 5.54. The van der Waals surface area contributed by atoms with Crippen molar-refractivity contribution in [1.82, 2.24) is 0 Å². The van der Waals surface area contributed by atoms with Crippen LogP contribution in [0.2, 0.25) is 0 Å². The van der Waals surface area contributed by atoms with Gasteiger partial charge in [-0.3, -0.25) is 0 Å². The quantitative estimate of drug-likeness (QED) is 0.440. The first-order valence-electron chi connectivity index (χ1n) is 8.71. The molecule has 120 valence electrons. The van der Waals surface area contributed by atoms with Crippen molar-refractivity contribution in [2.24, 2.45) is 0 Å². The van der Waals surface area contributed by atoms with Crippen LogP contribution in [-0.2, 0) is 19.3 Å². The third-order valence-electron chi connectivity index (χ3n) is 4.15. The zero-order chi connectivity index (χ0) is 15.7. The fraction of sp³-hybridized carbons (Fsp3) is 0.684. The lowest BCUT2D eigenvalue weighted by atomic mass is 9.92. The summed E-state index contributed by atoms with van der Waals surface area (Å²) < 4.78 is 0. The van der Waals surface area contributed by atoms with E-state index in [0.29, 0.717) is 0 Å². The van der Waals surface area contributed by atoms with E-state index in [9.17, 15) is 10.2 Å². The summed E-state index contributed by atoms with van der Waals surface area (Å²) in [6.07, 6.45) is 10.7. The standard InChI is InChI=1S/C19H32O2/c1-4-7-9-12-15-14-16(11-6-3)18(20)19(21)17(15)13-10-8-5-2/h14,20-21H,4-13H2,1-3H3. The molecular formula is C19H32O2. The molecule has 1 rings (SSSR count). The number of unbranched alkanes of at least 4 members (excludes halogenated alkanes) is 4. The second-order valence-electron chi connectivity index (χ2n) is 6.03. The van der Waals surface area contributed by atoms with Gasteiger partial charge in [0.05, 0.1) is 0 Å². The molecule has 21 heavy (non-hydrogen) atoms. The molecule has 2 heteroatoms. The first kappa shape index (κ1) is 17.9. The molecule has 0 spiro atoms. The molecule has 0 aliphatic rings. The smallest absolute Gasteiger partial charge is 0.161 e. The molecule has 0 fully saturated rings. The maximum atomic E-state index is 10.4. The molecule has 1 aromatic rings. The second-order valence-corrected chi connectivity index (χ2v) is 6.03. The van der Waals surface area contributed by atoms with E-state index < -0.39 is 0 Å². The normalized spacial score (nSPS) is 11.0. The van der Waals surface area contributed by atoms with Crippen LogP contribution in [0.3, 0.4) is 0 Å². The highest BCUT2D eigenvalue weighted by Crippen LogP contribution is 2.37. The average Bonchev–Trinajstić information content (AvgIpc) is 2.48. The third-order valence-corrected chi connectivity index (χ3v) is 4.15. The fourth-order valence-electron chi connectivity index (χ4n) is 2.89. The number of aromatic hydroxyl groups is 2. The van der Waals surface area contributed by atoms with E-state index in [4.69, 9.17) is 0 Å². The number of aryl methyl sites for hydroxylation is 2. The van der Waals surface area contributed by atoms with Crippen molar-refractivity contribution in [1.29, 1.82) is 0 Å². The van der Waals surface area contributed by atoms with Gasteiger partial charge in [0.1, 0.15) is 0 Å². The summed E-state index contributed by atoms with van der Waals surface area (Å²) in [5, 5.41) is 20.6. The van der Waals surface area contributed by atoms with Gasteiger partial charge >= 0.3 is 0 Å². The zero-order valence-corrected chi connectivity index (χ0v) is 14.0. The highest BCUT2D eigenvalue weighted by atomic mass is 16.3. The van der Waals surface area contributed by atoms with Crippen LogP contribution in [0.4, 0.5) is 0 Å². The van der Waals surface area contributed by atoms with Crippen LogP contribution in [0.15, 0.2) is 6.07 Å². The summed E-state index contributed by atoms with van der Waals surface area (Å²) in [5.74, 6) is 0.256. The van der Waals surface area contributed by atoms with E-state index in [1.807, 2.05) is 0 Å². The van der Waals surface area contributed by atoms with Gasteiger partial charge in [-0.2, -0.15) is 0 Å². The minimum absolute atomic E-state index is 0.114. The van der Waals surface area contributed by atoms with E-state index in [1.165, 1.54) is 31.2 Å². The lowest BCUT2D eigenvalue weighted by Gasteiger charge is -2.16. The summed E-state index contributed by atoms with van der Waals surface area (Å²) in [4.78, 5) is 0. The molecule has 0 bridgehead atoms. The lowest BCUT2D eigenvalue weighted by molar-refractivity contribution is 0.393. The Kier molecular flexibility index (Phi) is 8.26. The Morgan fingerprint density at radius 3 is 1.86 bits per heavy atom. The van der Waals surface area contributed by atoms with Gasteiger partial charge in [-0.05, 0) is 43.2 Å². The van der Waals surface area contributed by atoms with Crippen molar-refractivity contribution in [3.8, 4) is 11.5 Å². The predicted octanol–water partition coefficient (Wildman–Crippen LogP) is 5.52. The summed E-state index contributed by atoms with van der Waals surface area (Å²) in [6.45, 7) is 6.49. The van der Waals surface area contributed by atoms with E-state index in [2.05, 4.69) is 26.8 Å². The molecule has 2 N–H and O–H groups in total. The van der Waals surface area contributed by atoms with Crippen LogP contribution in [0, 0.1) is 0 Å². The van der Waals surface area contributed by atoms with Crippen molar-refractivity contribution in [3.05, 3.63) is 22.8 Å². The molecule has 0 heterocycles. The maximum absolute atomic E-state index is 10.4. The van der Waals surface area contributed by atoms with Gasteiger partial charge in [-0.25, -0.2) is 0 Å². The van der Waals surface area contributed by atoms with Gasteiger partial charge in [-0.15, -0.1) is 0 Å². The van der Waals surface area contributed by atoms with Gasteiger partial charge in [-0.1, -0.05) is 58.9 Å². The molecule has 2 nitrogen and oxygen atoms in total. The van der Waals surface area contributed by atoms with Gasteiger partial charge in [0.2, 0.25) is 0 Å². The number of phenolic OH excluding ortho intramolecular Hbond substituents is 2. The molecule has 1 aromatic carbocycles. The molecule has 0 aliphatic heterocycles. The molecule has 0 saturated carbocycles. The van der Waals surface area contributed by atoms with E-state index in [0.717, 1.165) is 49.7 Å². The Morgan fingerprint density at radius 2 is 1.29 bits per heavy atom. The molecule has 0 amide bonds. The minimum Gasteiger partial charge on any atom is -0.504 e. The molecule has 0 unspecified atom stereocenters. The molecule has 0 aliphatic carbocycles. The molecule has 0 atom stereocenters. The topological polar surface area (TPSA) is 40.5 Å². The Bertz CT molecular complexity index is 424.